The molecule has 0 saturated carbocycles. The molecular formula is C13H19N3O. The van der Waals surface area contributed by atoms with Crippen LogP contribution < -0.4 is 11.1 Å². The standard InChI is InChI=1S/C13H19N3O/c1-16-8-2-3-12(9-16)15-13(17)10-4-6-11(14)7-5-10/h4-7,12H,2-3,8-9,14H2,1H3,(H,15,17). The van der Waals surface area contributed by atoms with E-state index in [2.05, 4.69) is 17.3 Å². The lowest BCUT2D eigenvalue weighted by atomic mass is 10.1. The summed E-state index contributed by atoms with van der Waals surface area (Å²) in [6.07, 6.45) is 2.20. The summed E-state index contributed by atoms with van der Waals surface area (Å²) in [5.74, 6) is -0.00898. The van der Waals surface area contributed by atoms with E-state index in [0.717, 1.165) is 25.9 Å². The van der Waals surface area contributed by atoms with Crippen molar-refractivity contribution in [3.05, 3.63) is 29.8 Å². The molecule has 4 heteroatoms. The average molecular weight is 233 g/mol. The lowest BCUT2D eigenvalue weighted by Gasteiger charge is -2.30. The van der Waals surface area contributed by atoms with Crippen molar-refractivity contribution in [1.82, 2.24) is 10.2 Å². The first-order chi connectivity index (χ1) is 8.15. The van der Waals surface area contributed by atoms with Crippen LogP contribution in [0.3, 0.4) is 0 Å². The number of anilines is 1. The van der Waals surface area contributed by atoms with Gasteiger partial charge in [-0.15, -0.1) is 0 Å². The number of hydrogen-bond acceptors (Lipinski definition) is 3. The van der Waals surface area contributed by atoms with Crippen LogP contribution in [0.2, 0.25) is 0 Å². The number of rotatable bonds is 2. The molecule has 1 amide bonds. The molecule has 4 nitrogen and oxygen atoms in total. The van der Waals surface area contributed by atoms with Gasteiger partial charge < -0.3 is 16.0 Å². The van der Waals surface area contributed by atoms with Gasteiger partial charge in [-0.3, -0.25) is 4.79 Å². The van der Waals surface area contributed by atoms with Crippen molar-refractivity contribution in [3.8, 4) is 0 Å². The van der Waals surface area contributed by atoms with Crippen LogP contribution >= 0.6 is 0 Å². The largest absolute Gasteiger partial charge is 0.399 e. The fourth-order valence-electron chi connectivity index (χ4n) is 2.19. The van der Waals surface area contributed by atoms with E-state index in [0.29, 0.717) is 11.3 Å². The van der Waals surface area contributed by atoms with Gasteiger partial charge in [-0.1, -0.05) is 0 Å². The van der Waals surface area contributed by atoms with E-state index in [-0.39, 0.29) is 11.9 Å². The fraction of sp³-hybridized carbons (Fsp3) is 0.462. The SMILES string of the molecule is CN1CCCC(NC(=O)c2ccc(N)cc2)C1. The molecule has 0 aliphatic carbocycles. The van der Waals surface area contributed by atoms with Crippen LogP contribution in [0.5, 0.6) is 0 Å². The number of benzene rings is 1. The zero-order valence-electron chi connectivity index (χ0n) is 10.1. The van der Waals surface area contributed by atoms with Gasteiger partial charge in [0.15, 0.2) is 0 Å². The molecule has 1 fully saturated rings. The van der Waals surface area contributed by atoms with Gasteiger partial charge in [-0.05, 0) is 50.7 Å². The molecule has 92 valence electrons. The third kappa shape index (κ3) is 3.20. The molecule has 1 aliphatic rings. The number of hydrogen-bond donors (Lipinski definition) is 2. The number of carbonyl (C=O) groups is 1. The number of likely N-dealkylation sites (tertiary alicyclic amines) is 1. The van der Waals surface area contributed by atoms with Gasteiger partial charge in [0.2, 0.25) is 0 Å². The molecular weight excluding hydrogens is 214 g/mol. The maximum Gasteiger partial charge on any atom is 0.251 e. The number of nitrogen functional groups attached to an aromatic ring is 1. The number of nitrogens with zero attached hydrogens (tertiary/aromatic N) is 1. The Kier molecular flexibility index (Phi) is 3.64. The smallest absolute Gasteiger partial charge is 0.251 e. The van der Waals surface area contributed by atoms with Gasteiger partial charge in [0.25, 0.3) is 5.91 Å². The van der Waals surface area contributed by atoms with Crippen molar-refractivity contribution in [2.45, 2.75) is 18.9 Å². The third-order valence-corrected chi connectivity index (χ3v) is 3.13. The summed E-state index contributed by atoms with van der Waals surface area (Å²) < 4.78 is 0. The molecule has 1 aromatic carbocycles. The molecule has 0 radical (unpaired) electrons. The van der Waals surface area contributed by atoms with Crippen molar-refractivity contribution in [2.75, 3.05) is 25.9 Å². The van der Waals surface area contributed by atoms with Crippen LogP contribution in [-0.2, 0) is 0 Å². The molecule has 1 saturated heterocycles. The predicted octanol–water partition coefficient (Wildman–Crippen LogP) is 1.09. The van der Waals surface area contributed by atoms with Gasteiger partial charge in [-0.2, -0.15) is 0 Å². The Bertz CT molecular complexity index is 388. The normalized spacial score (nSPS) is 21.1. The first kappa shape index (κ1) is 11.9. The zero-order valence-corrected chi connectivity index (χ0v) is 10.1. The monoisotopic (exact) mass is 233 g/mol. The molecule has 17 heavy (non-hydrogen) atoms. The maximum atomic E-state index is 12.0. The minimum Gasteiger partial charge on any atom is -0.399 e. The van der Waals surface area contributed by atoms with Crippen molar-refractivity contribution < 1.29 is 4.79 Å². The Morgan fingerprint density at radius 3 is 2.76 bits per heavy atom. The highest BCUT2D eigenvalue weighted by Crippen LogP contribution is 2.10. The van der Waals surface area contributed by atoms with E-state index in [1.807, 2.05) is 0 Å². The van der Waals surface area contributed by atoms with Gasteiger partial charge in [0.1, 0.15) is 0 Å². The summed E-state index contributed by atoms with van der Waals surface area (Å²) in [6, 6.07) is 7.29. The number of carbonyl (C=O) groups excluding carboxylic acids is 1. The minimum absolute atomic E-state index is 0.00898. The summed E-state index contributed by atoms with van der Waals surface area (Å²) in [7, 11) is 2.08. The highest BCUT2D eigenvalue weighted by Gasteiger charge is 2.19. The average Bonchev–Trinajstić information content (AvgIpc) is 2.29. The fourth-order valence-corrected chi connectivity index (χ4v) is 2.19. The first-order valence-electron chi connectivity index (χ1n) is 6.00. The Labute approximate surface area is 102 Å². The Morgan fingerprint density at radius 2 is 2.12 bits per heavy atom. The third-order valence-electron chi connectivity index (χ3n) is 3.13. The summed E-state index contributed by atoms with van der Waals surface area (Å²) in [6.45, 7) is 2.05. The molecule has 2 rings (SSSR count). The number of piperidine rings is 1. The van der Waals surface area contributed by atoms with Crippen molar-refractivity contribution in [2.24, 2.45) is 0 Å². The summed E-state index contributed by atoms with van der Waals surface area (Å²) >= 11 is 0. The van der Waals surface area contributed by atoms with Crippen LogP contribution in [-0.4, -0.2) is 37.0 Å². The van der Waals surface area contributed by atoms with Crippen molar-refractivity contribution >= 4 is 11.6 Å². The van der Waals surface area contributed by atoms with E-state index in [4.69, 9.17) is 5.73 Å². The van der Waals surface area contributed by atoms with E-state index >= 15 is 0 Å². The quantitative estimate of drug-likeness (QED) is 0.752. The number of nitrogens with one attached hydrogen (secondary N) is 1. The van der Waals surface area contributed by atoms with E-state index in [9.17, 15) is 4.79 Å². The number of likely N-dealkylation sites (N-methyl/N-ethyl adjacent to an activating group) is 1. The van der Waals surface area contributed by atoms with Crippen molar-refractivity contribution in [3.63, 3.8) is 0 Å². The van der Waals surface area contributed by atoms with Gasteiger partial charge in [0, 0.05) is 23.8 Å². The van der Waals surface area contributed by atoms with Gasteiger partial charge in [0.05, 0.1) is 0 Å². The van der Waals surface area contributed by atoms with E-state index in [1.165, 1.54) is 0 Å². The van der Waals surface area contributed by atoms with Crippen molar-refractivity contribution in [1.29, 1.82) is 0 Å². The molecule has 3 N–H and O–H groups in total. The van der Waals surface area contributed by atoms with E-state index < -0.39 is 0 Å². The highest BCUT2D eigenvalue weighted by molar-refractivity contribution is 5.94. The van der Waals surface area contributed by atoms with Gasteiger partial charge >= 0.3 is 0 Å². The second kappa shape index (κ2) is 5.19. The second-order valence-electron chi connectivity index (χ2n) is 4.70. The Morgan fingerprint density at radius 1 is 1.41 bits per heavy atom. The van der Waals surface area contributed by atoms with Crippen LogP contribution in [0.15, 0.2) is 24.3 Å². The molecule has 0 spiro atoms. The number of nitrogens with two attached hydrogens (primary N) is 1. The summed E-state index contributed by atoms with van der Waals surface area (Å²) in [5.41, 5.74) is 6.94. The molecule has 0 aromatic heterocycles. The topological polar surface area (TPSA) is 58.4 Å². The first-order valence-corrected chi connectivity index (χ1v) is 6.00. The lowest BCUT2D eigenvalue weighted by Crippen LogP contribution is -2.46. The Balaban J connectivity index is 1.94. The summed E-state index contributed by atoms with van der Waals surface area (Å²) in [5, 5.41) is 3.06. The summed E-state index contributed by atoms with van der Waals surface area (Å²) in [4.78, 5) is 14.2. The lowest BCUT2D eigenvalue weighted by molar-refractivity contribution is 0.0912. The second-order valence-corrected chi connectivity index (χ2v) is 4.70. The number of amides is 1. The minimum atomic E-state index is -0.00898. The molecule has 1 aliphatic heterocycles. The van der Waals surface area contributed by atoms with Crippen LogP contribution in [0, 0.1) is 0 Å². The van der Waals surface area contributed by atoms with Crippen LogP contribution in [0.25, 0.3) is 0 Å². The molecule has 1 heterocycles. The van der Waals surface area contributed by atoms with Crippen LogP contribution in [0.4, 0.5) is 5.69 Å². The molecule has 1 atom stereocenters. The zero-order chi connectivity index (χ0) is 12.3. The molecule has 1 unspecified atom stereocenters. The van der Waals surface area contributed by atoms with Crippen LogP contribution in [0.1, 0.15) is 23.2 Å². The Hall–Kier alpha value is -1.55. The highest BCUT2D eigenvalue weighted by atomic mass is 16.1. The molecule has 0 bridgehead atoms. The van der Waals surface area contributed by atoms with E-state index in [1.54, 1.807) is 24.3 Å². The van der Waals surface area contributed by atoms with Gasteiger partial charge in [-0.25, -0.2) is 0 Å². The molecule has 1 aromatic rings. The maximum absolute atomic E-state index is 12.0. The predicted molar refractivity (Wildman–Crippen MR) is 68.8 cm³/mol.